The summed E-state index contributed by atoms with van der Waals surface area (Å²) in [6.07, 6.45) is 8.65. The third kappa shape index (κ3) is 3.52. The van der Waals surface area contributed by atoms with Crippen LogP contribution in [0, 0.1) is 11.3 Å². The van der Waals surface area contributed by atoms with Crippen molar-refractivity contribution >= 4 is 23.7 Å². The van der Waals surface area contributed by atoms with Crippen LogP contribution in [0.15, 0.2) is 35.7 Å². The van der Waals surface area contributed by atoms with Gasteiger partial charge in [0.05, 0.1) is 11.6 Å². The number of hydrogen-bond acceptors (Lipinski definition) is 4. The molecule has 1 aromatic heterocycles. The fourth-order valence-corrected chi connectivity index (χ4v) is 4.47. The molecule has 3 aliphatic rings. The first-order valence-electron chi connectivity index (χ1n) is 9.84. The molecule has 1 aliphatic carbocycles. The number of nitrogens with one attached hydrogen (secondary N) is 2. The number of carbonyl (C=O) groups is 1. The number of alkyl halides is 1. The zero-order valence-corrected chi connectivity index (χ0v) is 16.1. The Hall–Kier alpha value is -3.10. The largest absolute Gasteiger partial charge is 0.405 e. The van der Waals surface area contributed by atoms with Crippen molar-refractivity contribution in [2.75, 3.05) is 13.1 Å². The van der Waals surface area contributed by atoms with Crippen LogP contribution in [0.1, 0.15) is 30.5 Å². The van der Waals surface area contributed by atoms with E-state index in [4.69, 9.17) is 16.9 Å². The van der Waals surface area contributed by atoms with Crippen LogP contribution in [0.5, 0.6) is 0 Å². The fourth-order valence-electron chi connectivity index (χ4n) is 4.47. The van der Waals surface area contributed by atoms with Gasteiger partial charge in [0, 0.05) is 48.7 Å². The average Bonchev–Trinajstić information content (AvgIpc) is 3.15. The second-order valence-corrected chi connectivity index (χ2v) is 7.76. The summed E-state index contributed by atoms with van der Waals surface area (Å²) in [5.74, 6) is 0.171. The molecular formula is C20H26FN7O. The Morgan fingerprint density at radius 1 is 1.31 bits per heavy atom. The number of nitrogens with two attached hydrogens (primary N) is 2. The highest BCUT2D eigenvalue weighted by Gasteiger charge is 2.51. The molecule has 29 heavy (non-hydrogen) atoms. The summed E-state index contributed by atoms with van der Waals surface area (Å²) in [5.41, 5.74) is 13.6. The number of halogens is 1. The van der Waals surface area contributed by atoms with Crippen LogP contribution >= 0.6 is 0 Å². The van der Waals surface area contributed by atoms with E-state index in [0.717, 1.165) is 36.0 Å². The van der Waals surface area contributed by atoms with E-state index >= 15 is 0 Å². The van der Waals surface area contributed by atoms with Crippen LogP contribution in [-0.4, -0.2) is 64.2 Å². The average molecular weight is 399 g/mol. The maximum absolute atomic E-state index is 13.4. The minimum atomic E-state index is -0.973. The molecule has 8 nitrogen and oxygen atoms in total. The lowest BCUT2D eigenvalue weighted by atomic mass is 10.1. The van der Waals surface area contributed by atoms with E-state index < -0.39 is 12.1 Å². The molecule has 4 atom stereocenters. The highest BCUT2D eigenvalue weighted by molar-refractivity contribution is 6.02. The van der Waals surface area contributed by atoms with Gasteiger partial charge < -0.3 is 26.3 Å². The van der Waals surface area contributed by atoms with E-state index in [1.165, 1.54) is 12.4 Å². The Morgan fingerprint density at radius 3 is 2.55 bits per heavy atom. The van der Waals surface area contributed by atoms with Crippen molar-refractivity contribution in [2.24, 2.45) is 22.4 Å². The molecule has 0 spiro atoms. The summed E-state index contributed by atoms with van der Waals surface area (Å²) in [4.78, 5) is 24.1. The van der Waals surface area contributed by atoms with Gasteiger partial charge in [-0.1, -0.05) is 0 Å². The van der Waals surface area contributed by atoms with Gasteiger partial charge in [0.25, 0.3) is 0 Å². The summed E-state index contributed by atoms with van der Waals surface area (Å²) >= 11 is 0. The molecule has 6 N–H and O–H groups in total. The standard InChI is InChI=1S/C20H26FN7O/c21-17-6-16(17)20(29)28-14-1-2-15(28)10-27(9-14)19(26-11-24)18-5-13(8-25-18)12(7-23)3-4-22/h3-5,7-8,11,14-17,24-25H,1-2,6,9-10,22-23H2/b4-3-,12-7+,24-11?,26-19+/t14?,15?,16-,17-/m1/s1. The van der Waals surface area contributed by atoms with Crippen molar-refractivity contribution in [3.8, 4) is 0 Å². The summed E-state index contributed by atoms with van der Waals surface area (Å²) in [7, 11) is 0. The monoisotopic (exact) mass is 399 g/mol. The smallest absolute Gasteiger partial charge is 0.229 e. The van der Waals surface area contributed by atoms with Gasteiger partial charge in [0.1, 0.15) is 12.5 Å². The fraction of sp³-hybridized carbons (Fsp3) is 0.450. The molecular weight excluding hydrogens is 373 g/mol. The minimum absolute atomic E-state index is 0.0383. The lowest BCUT2D eigenvalue weighted by molar-refractivity contribution is -0.138. The zero-order chi connectivity index (χ0) is 20.5. The number of aliphatic imine (C=N–C) groups is 1. The van der Waals surface area contributed by atoms with Crippen molar-refractivity contribution < 1.29 is 9.18 Å². The van der Waals surface area contributed by atoms with Crippen LogP contribution in [0.25, 0.3) is 5.57 Å². The Bertz CT molecular complexity index is 875. The first kappa shape index (κ1) is 19.2. The first-order chi connectivity index (χ1) is 14.1. The number of likely N-dealkylation sites (tertiary alicyclic amines) is 1. The van der Waals surface area contributed by atoms with Gasteiger partial charge in [-0.25, -0.2) is 9.38 Å². The molecule has 154 valence electrons. The maximum atomic E-state index is 13.4. The molecule has 3 fully saturated rings. The minimum Gasteiger partial charge on any atom is -0.405 e. The Kier molecular flexibility index (Phi) is 5.12. The van der Waals surface area contributed by atoms with E-state index in [2.05, 4.69) is 14.9 Å². The van der Waals surface area contributed by atoms with Gasteiger partial charge in [-0.05, 0) is 37.6 Å². The predicted octanol–water partition coefficient (Wildman–Crippen LogP) is 1.17. The molecule has 1 saturated carbocycles. The lowest BCUT2D eigenvalue weighted by Crippen LogP contribution is -2.57. The van der Waals surface area contributed by atoms with Gasteiger partial charge in [0.15, 0.2) is 5.84 Å². The normalized spacial score (nSPS) is 29.6. The Balaban J connectivity index is 1.54. The van der Waals surface area contributed by atoms with E-state index in [-0.39, 0.29) is 18.0 Å². The predicted molar refractivity (Wildman–Crippen MR) is 110 cm³/mol. The highest BCUT2D eigenvalue weighted by Crippen LogP contribution is 2.40. The highest BCUT2D eigenvalue weighted by atomic mass is 19.1. The second kappa shape index (κ2) is 7.73. The number of fused-ring (bicyclic) bond motifs is 2. The number of H-pyrrole nitrogens is 1. The molecule has 9 heteroatoms. The molecule has 0 radical (unpaired) electrons. The number of amidine groups is 1. The van der Waals surface area contributed by atoms with Gasteiger partial charge in [0.2, 0.25) is 5.91 Å². The number of rotatable bonds is 5. The number of aromatic amines is 1. The van der Waals surface area contributed by atoms with Crippen LogP contribution in [0.4, 0.5) is 4.39 Å². The van der Waals surface area contributed by atoms with Gasteiger partial charge in [-0.15, -0.1) is 0 Å². The van der Waals surface area contributed by atoms with Gasteiger partial charge >= 0.3 is 0 Å². The molecule has 4 rings (SSSR count). The van der Waals surface area contributed by atoms with E-state index in [1.54, 1.807) is 6.08 Å². The van der Waals surface area contributed by atoms with Gasteiger partial charge in [-0.2, -0.15) is 0 Å². The maximum Gasteiger partial charge on any atom is 0.229 e. The van der Waals surface area contributed by atoms with Crippen LogP contribution < -0.4 is 11.5 Å². The summed E-state index contributed by atoms with van der Waals surface area (Å²) in [6, 6.07) is 2.02. The van der Waals surface area contributed by atoms with Crippen molar-refractivity contribution in [3.63, 3.8) is 0 Å². The SMILES string of the molecule is N=C/N=C(\c1cc(C(/C=C\N)=C/N)c[nH]1)N1CC2CCC(C1)N2C(=O)[C@@H]1C[C@H]1F. The molecule has 2 unspecified atom stereocenters. The Morgan fingerprint density at radius 2 is 2.00 bits per heavy atom. The number of allylic oxidation sites excluding steroid dienone is 2. The van der Waals surface area contributed by atoms with Crippen molar-refractivity contribution in [3.05, 3.63) is 42.0 Å². The lowest BCUT2D eigenvalue weighted by Gasteiger charge is -2.42. The van der Waals surface area contributed by atoms with E-state index in [1.807, 2.05) is 17.2 Å². The quantitative estimate of drug-likeness (QED) is 0.337. The number of hydrogen-bond donors (Lipinski definition) is 4. The van der Waals surface area contributed by atoms with E-state index in [0.29, 0.717) is 25.3 Å². The summed E-state index contributed by atoms with van der Waals surface area (Å²) in [6.45, 7) is 1.24. The number of piperazine rings is 1. The molecule has 3 heterocycles. The number of nitrogens with zero attached hydrogens (tertiary/aromatic N) is 3. The topological polar surface area (TPSA) is 128 Å². The van der Waals surface area contributed by atoms with Crippen molar-refractivity contribution in [2.45, 2.75) is 37.5 Å². The van der Waals surface area contributed by atoms with Crippen molar-refractivity contribution in [1.29, 1.82) is 5.41 Å². The molecule has 2 aliphatic heterocycles. The number of aromatic nitrogens is 1. The van der Waals surface area contributed by atoms with Crippen LogP contribution in [0.2, 0.25) is 0 Å². The number of carbonyl (C=O) groups excluding carboxylic acids is 1. The zero-order valence-electron chi connectivity index (χ0n) is 16.1. The summed E-state index contributed by atoms with van der Waals surface area (Å²) < 4.78 is 13.4. The van der Waals surface area contributed by atoms with Crippen LogP contribution in [-0.2, 0) is 4.79 Å². The molecule has 2 bridgehead atoms. The Labute approximate surface area is 168 Å². The van der Waals surface area contributed by atoms with Gasteiger partial charge in [-0.3, -0.25) is 10.2 Å². The second-order valence-electron chi connectivity index (χ2n) is 7.76. The third-order valence-corrected chi connectivity index (χ3v) is 5.97. The third-order valence-electron chi connectivity index (χ3n) is 5.97. The first-order valence-corrected chi connectivity index (χ1v) is 9.84. The van der Waals surface area contributed by atoms with E-state index in [9.17, 15) is 9.18 Å². The summed E-state index contributed by atoms with van der Waals surface area (Å²) in [5, 5.41) is 7.49. The molecule has 1 amide bonds. The number of amides is 1. The van der Waals surface area contributed by atoms with Crippen LogP contribution in [0.3, 0.4) is 0 Å². The van der Waals surface area contributed by atoms with Crippen molar-refractivity contribution in [1.82, 2.24) is 14.8 Å². The molecule has 1 aromatic rings. The molecule has 0 aromatic carbocycles. The molecule has 2 saturated heterocycles.